The van der Waals surface area contributed by atoms with Crippen LogP contribution in [0.4, 0.5) is 0 Å². The van der Waals surface area contributed by atoms with Gasteiger partial charge in [0.1, 0.15) is 11.4 Å². The third-order valence-corrected chi connectivity index (χ3v) is 2.63. The molecule has 1 rings (SSSR count). The molecule has 0 saturated heterocycles. The largest absolute Gasteiger partial charge is 0.385 e. The molecule has 16 heavy (non-hydrogen) atoms. The van der Waals surface area contributed by atoms with E-state index in [-0.39, 0.29) is 5.41 Å². The van der Waals surface area contributed by atoms with E-state index in [2.05, 4.69) is 34.1 Å². The Morgan fingerprint density at radius 2 is 2.12 bits per heavy atom. The van der Waals surface area contributed by atoms with E-state index in [0.717, 1.165) is 31.0 Å². The summed E-state index contributed by atoms with van der Waals surface area (Å²) in [5, 5.41) is 10.9. The molecule has 0 unspecified atom stereocenters. The van der Waals surface area contributed by atoms with Crippen LogP contribution in [-0.4, -0.2) is 30.6 Å². The summed E-state index contributed by atoms with van der Waals surface area (Å²) in [4.78, 5) is 0. The number of ether oxygens (including phenoxy) is 1. The van der Waals surface area contributed by atoms with Crippen LogP contribution in [0.15, 0.2) is 4.63 Å². The minimum absolute atomic E-state index is 0.223. The maximum atomic E-state index is 5.08. The molecule has 0 fully saturated rings. The van der Waals surface area contributed by atoms with Crippen LogP contribution >= 0.6 is 0 Å². The third-order valence-electron chi connectivity index (χ3n) is 2.63. The van der Waals surface area contributed by atoms with E-state index >= 15 is 0 Å². The maximum absolute atomic E-state index is 5.08. The summed E-state index contributed by atoms with van der Waals surface area (Å²) in [5.41, 5.74) is 1.95. The third kappa shape index (κ3) is 4.28. The second kappa shape index (κ2) is 5.96. The number of hydrogen-bond acceptors (Lipinski definition) is 5. The van der Waals surface area contributed by atoms with Gasteiger partial charge in [0.2, 0.25) is 0 Å². The van der Waals surface area contributed by atoms with Crippen molar-refractivity contribution in [1.82, 2.24) is 15.6 Å². The topological polar surface area (TPSA) is 60.2 Å². The van der Waals surface area contributed by atoms with Crippen LogP contribution in [0.25, 0.3) is 0 Å². The molecule has 0 saturated carbocycles. The number of aromatic nitrogens is 2. The summed E-state index contributed by atoms with van der Waals surface area (Å²) in [7, 11) is 1.73. The molecule has 5 nitrogen and oxygen atoms in total. The molecule has 0 aliphatic carbocycles. The van der Waals surface area contributed by atoms with Crippen molar-refractivity contribution in [1.29, 1.82) is 0 Å². The van der Waals surface area contributed by atoms with Gasteiger partial charge in [0.05, 0.1) is 0 Å². The fraction of sp³-hybridized carbons (Fsp3) is 0.818. The van der Waals surface area contributed by atoms with Crippen molar-refractivity contribution in [3.8, 4) is 0 Å². The van der Waals surface area contributed by atoms with Crippen molar-refractivity contribution in [3.05, 3.63) is 11.4 Å². The van der Waals surface area contributed by atoms with Gasteiger partial charge in [-0.25, -0.2) is 4.63 Å². The molecule has 0 aliphatic rings. The van der Waals surface area contributed by atoms with Gasteiger partial charge >= 0.3 is 0 Å². The second-order valence-electron chi connectivity index (χ2n) is 4.81. The number of nitrogens with one attached hydrogen (secondary N) is 1. The highest BCUT2D eigenvalue weighted by molar-refractivity contribution is 5.03. The molecule has 1 aromatic rings. The smallest absolute Gasteiger partial charge is 0.121 e. The monoisotopic (exact) mass is 227 g/mol. The maximum Gasteiger partial charge on any atom is 0.121 e. The summed E-state index contributed by atoms with van der Waals surface area (Å²) in [6, 6.07) is 0. The first-order chi connectivity index (χ1) is 7.55. The quantitative estimate of drug-likeness (QED) is 0.765. The molecule has 0 radical (unpaired) electrons. The van der Waals surface area contributed by atoms with Gasteiger partial charge in [0.15, 0.2) is 0 Å². The Bertz CT molecular complexity index is 310. The van der Waals surface area contributed by atoms with Gasteiger partial charge < -0.3 is 10.1 Å². The standard InChI is InChI=1S/C11H21N3O2/c1-9-10(14-16-13-9)7-12-8-11(2,3)5-6-15-4/h12H,5-8H2,1-4H3. The predicted molar refractivity (Wildman–Crippen MR) is 61.0 cm³/mol. The lowest BCUT2D eigenvalue weighted by molar-refractivity contribution is 0.150. The lowest BCUT2D eigenvalue weighted by atomic mass is 9.90. The molecule has 0 spiro atoms. The van der Waals surface area contributed by atoms with Crippen LogP contribution in [0.3, 0.4) is 0 Å². The number of aryl methyl sites for hydroxylation is 1. The summed E-state index contributed by atoms with van der Waals surface area (Å²) >= 11 is 0. The molecule has 1 heterocycles. The fourth-order valence-corrected chi connectivity index (χ4v) is 1.40. The summed E-state index contributed by atoms with van der Waals surface area (Å²) < 4.78 is 9.72. The van der Waals surface area contributed by atoms with E-state index in [1.54, 1.807) is 7.11 Å². The Hall–Kier alpha value is -0.940. The molecule has 0 bridgehead atoms. The van der Waals surface area contributed by atoms with Crippen LogP contribution < -0.4 is 5.32 Å². The van der Waals surface area contributed by atoms with E-state index in [1.165, 1.54) is 0 Å². The molecule has 1 aromatic heterocycles. The highest BCUT2D eigenvalue weighted by atomic mass is 16.6. The van der Waals surface area contributed by atoms with Crippen LogP contribution in [0.1, 0.15) is 31.7 Å². The first kappa shape index (κ1) is 13.1. The van der Waals surface area contributed by atoms with Crippen molar-refractivity contribution in [2.45, 2.75) is 33.7 Å². The molecule has 0 amide bonds. The van der Waals surface area contributed by atoms with Crippen molar-refractivity contribution in [3.63, 3.8) is 0 Å². The molecule has 92 valence electrons. The van der Waals surface area contributed by atoms with Gasteiger partial charge in [-0.1, -0.05) is 24.2 Å². The Kier molecular flexibility index (Phi) is 4.89. The van der Waals surface area contributed by atoms with Gasteiger partial charge in [-0.15, -0.1) is 0 Å². The Morgan fingerprint density at radius 3 is 2.69 bits per heavy atom. The minimum atomic E-state index is 0.223. The average molecular weight is 227 g/mol. The number of methoxy groups -OCH3 is 1. The SMILES string of the molecule is COCCC(C)(C)CNCc1nonc1C. The van der Waals surface area contributed by atoms with Gasteiger partial charge in [-0.05, 0) is 18.8 Å². The Morgan fingerprint density at radius 1 is 1.38 bits per heavy atom. The number of nitrogens with zero attached hydrogens (tertiary/aromatic N) is 2. The van der Waals surface area contributed by atoms with Crippen LogP contribution in [0.5, 0.6) is 0 Å². The van der Waals surface area contributed by atoms with E-state index in [4.69, 9.17) is 4.74 Å². The normalized spacial score (nSPS) is 12.0. The molecular formula is C11H21N3O2. The lowest BCUT2D eigenvalue weighted by Gasteiger charge is -2.24. The van der Waals surface area contributed by atoms with Crippen LogP contribution in [-0.2, 0) is 11.3 Å². The highest BCUT2D eigenvalue weighted by Crippen LogP contribution is 2.18. The molecule has 0 aromatic carbocycles. The number of rotatable bonds is 7. The lowest BCUT2D eigenvalue weighted by Crippen LogP contribution is -2.30. The van der Waals surface area contributed by atoms with Gasteiger partial charge in [-0.3, -0.25) is 0 Å². The van der Waals surface area contributed by atoms with Gasteiger partial charge in [0.25, 0.3) is 0 Å². The molecular weight excluding hydrogens is 206 g/mol. The van der Waals surface area contributed by atoms with E-state index in [0.29, 0.717) is 6.54 Å². The molecule has 1 N–H and O–H groups in total. The zero-order chi connectivity index (χ0) is 12.0. The highest BCUT2D eigenvalue weighted by Gasteiger charge is 2.17. The van der Waals surface area contributed by atoms with Crippen molar-refractivity contribution >= 4 is 0 Å². The molecule has 0 aliphatic heterocycles. The van der Waals surface area contributed by atoms with Crippen LogP contribution in [0, 0.1) is 12.3 Å². The fourth-order valence-electron chi connectivity index (χ4n) is 1.40. The number of hydrogen-bond donors (Lipinski definition) is 1. The summed E-state index contributed by atoms with van der Waals surface area (Å²) in [6.45, 7) is 8.73. The van der Waals surface area contributed by atoms with Gasteiger partial charge in [-0.2, -0.15) is 0 Å². The van der Waals surface area contributed by atoms with E-state index in [9.17, 15) is 0 Å². The van der Waals surface area contributed by atoms with E-state index in [1.807, 2.05) is 6.92 Å². The van der Waals surface area contributed by atoms with Gasteiger partial charge in [0, 0.05) is 26.8 Å². The van der Waals surface area contributed by atoms with Crippen molar-refractivity contribution < 1.29 is 9.37 Å². The second-order valence-corrected chi connectivity index (χ2v) is 4.81. The Balaban J connectivity index is 2.27. The molecule has 5 heteroatoms. The van der Waals surface area contributed by atoms with E-state index < -0.39 is 0 Å². The van der Waals surface area contributed by atoms with Crippen LogP contribution in [0.2, 0.25) is 0 Å². The first-order valence-electron chi connectivity index (χ1n) is 5.53. The zero-order valence-electron chi connectivity index (χ0n) is 10.5. The summed E-state index contributed by atoms with van der Waals surface area (Å²) in [5.74, 6) is 0. The van der Waals surface area contributed by atoms with Crippen molar-refractivity contribution in [2.75, 3.05) is 20.3 Å². The van der Waals surface area contributed by atoms with Crippen molar-refractivity contribution in [2.24, 2.45) is 5.41 Å². The average Bonchev–Trinajstić information content (AvgIpc) is 2.62. The summed E-state index contributed by atoms with van der Waals surface area (Å²) in [6.07, 6.45) is 1.03. The Labute approximate surface area is 96.5 Å². The first-order valence-corrected chi connectivity index (χ1v) is 5.53. The zero-order valence-corrected chi connectivity index (χ0v) is 10.5. The predicted octanol–water partition coefficient (Wildman–Crippen LogP) is 1.53. The minimum Gasteiger partial charge on any atom is -0.385 e. The molecule has 0 atom stereocenters.